The fourth-order valence-electron chi connectivity index (χ4n) is 3.80. The first-order valence-corrected chi connectivity index (χ1v) is 14.3. The van der Waals surface area contributed by atoms with E-state index in [9.17, 15) is 16.8 Å². The number of piperazine rings is 1. The molecule has 35 heavy (non-hydrogen) atoms. The summed E-state index contributed by atoms with van der Waals surface area (Å²) >= 11 is 11.9. The zero-order valence-electron chi connectivity index (χ0n) is 18.7. The van der Waals surface area contributed by atoms with Crippen LogP contribution in [0.4, 0.5) is 11.4 Å². The Morgan fingerprint density at radius 1 is 0.857 bits per heavy atom. The summed E-state index contributed by atoms with van der Waals surface area (Å²) in [7, 11) is -6.16. The number of nitrogens with one attached hydrogen (secondary N) is 1. The van der Waals surface area contributed by atoms with E-state index in [-0.39, 0.29) is 25.5 Å². The molecular weight excluding hydrogens is 533 g/mol. The highest BCUT2D eigenvalue weighted by Crippen LogP contribution is 2.30. The Morgan fingerprint density at radius 3 is 2.17 bits per heavy atom. The van der Waals surface area contributed by atoms with Crippen molar-refractivity contribution in [3.05, 3.63) is 76.8 Å². The van der Waals surface area contributed by atoms with Gasteiger partial charge in [0, 0.05) is 36.9 Å². The molecule has 0 radical (unpaired) electrons. The summed E-state index contributed by atoms with van der Waals surface area (Å²) in [6.45, 7) is 1.64. The predicted molar refractivity (Wildman–Crippen MR) is 138 cm³/mol. The van der Waals surface area contributed by atoms with E-state index < -0.39 is 20.0 Å². The molecular formula is C23H23Cl2N3O5S2. The van der Waals surface area contributed by atoms with E-state index in [4.69, 9.17) is 27.9 Å². The van der Waals surface area contributed by atoms with Gasteiger partial charge in [0.05, 0.1) is 22.7 Å². The number of rotatable bonds is 7. The van der Waals surface area contributed by atoms with Crippen LogP contribution >= 0.6 is 23.2 Å². The Hall–Kier alpha value is -2.50. The van der Waals surface area contributed by atoms with Crippen molar-refractivity contribution in [1.29, 1.82) is 0 Å². The van der Waals surface area contributed by atoms with Crippen molar-refractivity contribution in [3.8, 4) is 5.75 Å². The van der Waals surface area contributed by atoms with Gasteiger partial charge in [0.15, 0.2) is 0 Å². The Labute approximate surface area is 215 Å². The van der Waals surface area contributed by atoms with Crippen molar-refractivity contribution in [2.45, 2.75) is 9.79 Å². The first-order chi connectivity index (χ1) is 16.6. The summed E-state index contributed by atoms with van der Waals surface area (Å²) < 4.78 is 61.0. The summed E-state index contributed by atoms with van der Waals surface area (Å²) in [5.41, 5.74) is 1.12. The van der Waals surface area contributed by atoms with Gasteiger partial charge in [-0.1, -0.05) is 35.3 Å². The Morgan fingerprint density at radius 2 is 1.51 bits per heavy atom. The number of para-hydroxylation sites is 2. The average molecular weight is 556 g/mol. The molecule has 4 rings (SSSR count). The van der Waals surface area contributed by atoms with Gasteiger partial charge in [-0.3, -0.25) is 4.72 Å². The number of hydrogen-bond acceptors (Lipinski definition) is 6. The number of anilines is 2. The summed E-state index contributed by atoms with van der Waals surface area (Å²) in [5.74, 6) is 0.737. The zero-order valence-corrected chi connectivity index (χ0v) is 21.8. The van der Waals surface area contributed by atoms with Gasteiger partial charge in [-0.05, 0) is 54.6 Å². The van der Waals surface area contributed by atoms with Crippen molar-refractivity contribution >= 4 is 54.6 Å². The molecule has 3 aromatic carbocycles. The molecule has 0 aromatic heterocycles. The summed E-state index contributed by atoms with van der Waals surface area (Å²) in [6, 6.07) is 17.3. The van der Waals surface area contributed by atoms with Gasteiger partial charge < -0.3 is 9.64 Å². The maximum absolute atomic E-state index is 13.2. The molecule has 8 nitrogen and oxygen atoms in total. The molecule has 0 amide bonds. The standard InChI is InChI=1S/C23H23Cl2N3O5S2/c1-33-22-5-3-2-4-21(22)27-12-14-28(15-13-27)35(31,32)19-9-7-18(8-10-19)26-34(29,30)23-16-17(24)6-11-20(23)25/h2-11,16,26H,12-15H2,1H3. The molecule has 12 heteroatoms. The van der Waals surface area contributed by atoms with Crippen LogP contribution < -0.4 is 14.4 Å². The van der Waals surface area contributed by atoms with Gasteiger partial charge in [0.2, 0.25) is 10.0 Å². The molecule has 1 aliphatic rings. The predicted octanol–water partition coefficient (Wildman–Crippen LogP) is 4.31. The number of methoxy groups -OCH3 is 1. The molecule has 3 aromatic rings. The van der Waals surface area contributed by atoms with E-state index >= 15 is 0 Å². The molecule has 0 unspecified atom stereocenters. The van der Waals surface area contributed by atoms with E-state index in [1.807, 2.05) is 24.3 Å². The van der Waals surface area contributed by atoms with E-state index in [1.54, 1.807) is 7.11 Å². The summed E-state index contributed by atoms with van der Waals surface area (Å²) in [6.07, 6.45) is 0. The second-order valence-electron chi connectivity index (χ2n) is 7.77. The lowest BCUT2D eigenvalue weighted by atomic mass is 10.2. The van der Waals surface area contributed by atoms with E-state index in [1.165, 1.54) is 46.8 Å². The zero-order chi connectivity index (χ0) is 25.2. The van der Waals surface area contributed by atoms with Gasteiger partial charge in [-0.2, -0.15) is 4.31 Å². The Balaban J connectivity index is 1.46. The molecule has 0 spiro atoms. The van der Waals surface area contributed by atoms with Crippen LogP contribution in [0.2, 0.25) is 10.0 Å². The monoisotopic (exact) mass is 555 g/mol. The van der Waals surface area contributed by atoms with Gasteiger partial charge in [0.25, 0.3) is 10.0 Å². The van der Waals surface area contributed by atoms with Crippen molar-refractivity contribution in [2.24, 2.45) is 0 Å². The van der Waals surface area contributed by atoms with Gasteiger partial charge in [-0.15, -0.1) is 0 Å². The van der Waals surface area contributed by atoms with Crippen molar-refractivity contribution in [1.82, 2.24) is 4.31 Å². The largest absolute Gasteiger partial charge is 0.495 e. The third-order valence-corrected chi connectivity index (χ3v) is 9.60. The molecule has 0 bridgehead atoms. The minimum atomic E-state index is -4.02. The molecule has 1 heterocycles. The Bertz CT molecular complexity index is 1420. The molecule has 0 atom stereocenters. The normalized spacial score (nSPS) is 15.1. The molecule has 186 valence electrons. The Kier molecular flexibility index (Phi) is 7.48. The van der Waals surface area contributed by atoms with E-state index in [2.05, 4.69) is 9.62 Å². The minimum Gasteiger partial charge on any atom is -0.495 e. The topological polar surface area (TPSA) is 96.0 Å². The van der Waals surface area contributed by atoms with Crippen LogP contribution in [0.15, 0.2) is 76.5 Å². The smallest absolute Gasteiger partial charge is 0.263 e. The van der Waals surface area contributed by atoms with Crippen LogP contribution in [0.5, 0.6) is 5.75 Å². The lowest BCUT2D eigenvalue weighted by Crippen LogP contribution is -2.48. The fraction of sp³-hybridized carbons (Fsp3) is 0.217. The van der Waals surface area contributed by atoms with Crippen LogP contribution in [0.1, 0.15) is 0 Å². The second kappa shape index (κ2) is 10.2. The summed E-state index contributed by atoms with van der Waals surface area (Å²) in [4.78, 5) is 1.99. The fourth-order valence-corrected chi connectivity index (χ4v) is 7.04. The van der Waals surface area contributed by atoms with Crippen LogP contribution in [-0.4, -0.2) is 54.4 Å². The van der Waals surface area contributed by atoms with Crippen molar-refractivity contribution in [2.75, 3.05) is 42.9 Å². The SMILES string of the molecule is COc1ccccc1N1CCN(S(=O)(=O)c2ccc(NS(=O)(=O)c3cc(Cl)ccc3Cl)cc2)CC1. The lowest BCUT2D eigenvalue weighted by Gasteiger charge is -2.35. The van der Waals surface area contributed by atoms with Crippen LogP contribution in [-0.2, 0) is 20.0 Å². The number of hydrogen-bond donors (Lipinski definition) is 1. The third-order valence-electron chi connectivity index (χ3n) is 5.59. The highest BCUT2D eigenvalue weighted by molar-refractivity contribution is 7.92. The van der Waals surface area contributed by atoms with Gasteiger partial charge in [-0.25, -0.2) is 16.8 Å². The lowest BCUT2D eigenvalue weighted by molar-refractivity contribution is 0.378. The highest BCUT2D eigenvalue weighted by Gasteiger charge is 2.29. The number of halogens is 2. The molecule has 1 saturated heterocycles. The van der Waals surface area contributed by atoms with E-state index in [0.717, 1.165) is 11.4 Å². The second-order valence-corrected chi connectivity index (χ2v) is 12.2. The summed E-state index contributed by atoms with van der Waals surface area (Å²) in [5, 5.41) is 0.246. The number of sulfonamides is 2. The molecule has 1 fully saturated rings. The van der Waals surface area contributed by atoms with Crippen LogP contribution in [0.3, 0.4) is 0 Å². The maximum atomic E-state index is 13.2. The highest BCUT2D eigenvalue weighted by atomic mass is 35.5. The number of benzene rings is 3. The quantitative estimate of drug-likeness (QED) is 0.466. The van der Waals surface area contributed by atoms with Crippen molar-refractivity contribution in [3.63, 3.8) is 0 Å². The van der Waals surface area contributed by atoms with Gasteiger partial charge in [0.1, 0.15) is 10.6 Å². The molecule has 1 aliphatic heterocycles. The molecule has 1 N–H and O–H groups in total. The van der Waals surface area contributed by atoms with Crippen LogP contribution in [0, 0.1) is 0 Å². The minimum absolute atomic E-state index is 0.0216. The molecule has 0 aliphatic carbocycles. The first kappa shape index (κ1) is 25.6. The number of nitrogens with zero attached hydrogens (tertiary/aromatic N) is 2. The first-order valence-electron chi connectivity index (χ1n) is 10.6. The average Bonchev–Trinajstić information content (AvgIpc) is 2.85. The number of ether oxygens (including phenoxy) is 1. The van der Waals surface area contributed by atoms with Crippen molar-refractivity contribution < 1.29 is 21.6 Å². The van der Waals surface area contributed by atoms with Gasteiger partial charge >= 0.3 is 0 Å². The van der Waals surface area contributed by atoms with E-state index in [0.29, 0.717) is 26.2 Å². The van der Waals surface area contributed by atoms with Crippen LogP contribution in [0.25, 0.3) is 0 Å². The molecule has 0 saturated carbocycles. The maximum Gasteiger partial charge on any atom is 0.263 e. The third kappa shape index (κ3) is 5.52.